The molecule has 2 aliphatic heterocycles. The van der Waals surface area contributed by atoms with E-state index in [1.807, 2.05) is 36.7 Å². The van der Waals surface area contributed by atoms with Crippen LogP contribution in [-0.2, 0) is 4.79 Å². The molecule has 4 fully saturated rings. The molecule has 0 amide bonds. The van der Waals surface area contributed by atoms with Gasteiger partial charge in [-0.15, -0.1) is 0 Å². The number of benzene rings is 2. The van der Waals surface area contributed by atoms with E-state index in [4.69, 9.17) is 72.0 Å². The van der Waals surface area contributed by atoms with Crippen molar-refractivity contribution in [2.24, 2.45) is 16.6 Å². The number of fused-ring (bicyclic) bond motifs is 2. The third kappa shape index (κ3) is 10.00. The van der Waals surface area contributed by atoms with Crippen molar-refractivity contribution in [1.29, 1.82) is 0 Å². The van der Waals surface area contributed by atoms with E-state index in [9.17, 15) is 13.2 Å². The van der Waals surface area contributed by atoms with Crippen LogP contribution < -0.4 is 20.6 Å². The van der Waals surface area contributed by atoms with Crippen molar-refractivity contribution in [2.45, 2.75) is 82.5 Å². The monoisotopic (exact) mass is 1010 g/mol. The molecule has 2 aromatic carbocycles. The number of carbonyl (C=O) groups is 1. The molecule has 2 saturated heterocycles. The Labute approximate surface area is 396 Å². The fourth-order valence-corrected chi connectivity index (χ4v) is 11.9. The number of piperidine rings is 2. The Balaban J connectivity index is 0.000000155. The van der Waals surface area contributed by atoms with Crippen LogP contribution in [-0.4, -0.2) is 95.8 Å². The number of rotatable bonds is 6. The van der Waals surface area contributed by atoms with Gasteiger partial charge in [-0.1, -0.05) is 92.4 Å². The van der Waals surface area contributed by atoms with Gasteiger partial charge in [0.1, 0.15) is 22.7 Å². The lowest BCUT2D eigenvalue weighted by molar-refractivity contribution is -0.192. The van der Waals surface area contributed by atoms with Gasteiger partial charge in [0.15, 0.2) is 0 Å². The number of nitrogens with zero attached hydrogens (tertiary/aromatic N) is 8. The first-order valence-electron chi connectivity index (χ1n) is 21.2. The third-order valence-electron chi connectivity index (χ3n) is 13.5. The molecule has 2 aliphatic carbocycles. The van der Waals surface area contributed by atoms with Gasteiger partial charge < -0.3 is 20.6 Å². The Morgan fingerprint density at radius 3 is 1.65 bits per heavy atom. The SMILES string of the molecule is N[C@@H]1CCCC12CCN(c1cnc3c(-c4cccc(Cl)c4Cl)[nH]nc3n1)CC2.O=C(O)C(F)(F)F.PPN[C@@H]1CCCC12CCN(c1cnc3c(-c4cccc(Cl)c4Cl)[nH]nc3n1)CC2. The summed E-state index contributed by atoms with van der Waals surface area (Å²) in [6.45, 7) is 3.95. The molecule has 0 radical (unpaired) electrons. The number of aromatic amines is 2. The Hall–Kier alpha value is -3.66. The average molecular weight is 1010 g/mol. The molecule has 4 aromatic heterocycles. The number of alkyl halides is 3. The number of aromatic nitrogens is 8. The molecular formula is C42H47Cl4F3N12O2P2. The molecule has 6 aromatic rings. The number of aliphatic carboxylic acids is 1. The summed E-state index contributed by atoms with van der Waals surface area (Å²) in [7, 11) is 3.56. The quantitative estimate of drug-likeness (QED) is 0.0994. The summed E-state index contributed by atoms with van der Waals surface area (Å²) in [4.78, 5) is 32.4. The van der Waals surface area contributed by atoms with E-state index < -0.39 is 12.1 Å². The molecule has 2 saturated carbocycles. The fourth-order valence-electron chi connectivity index (χ4n) is 9.86. The topological polar surface area (TPSA) is 191 Å². The number of carboxylic acids is 1. The van der Waals surface area contributed by atoms with Crippen LogP contribution in [0.15, 0.2) is 48.8 Å². The molecular weight excluding hydrogens is 965 g/mol. The highest BCUT2D eigenvalue weighted by atomic mass is 35.5. The van der Waals surface area contributed by atoms with Crippen LogP contribution >= 0.6 is 63.8 Å². The minimum Gasteiger partial charge on any atom is -0.475 e. The molecule has 2 spiro atoms. The second kappa shape index (κ2) is 19.9. The molecule has 6 N–H and O–H groups in total. The van der Waals surface area contributed by atoms with Crippen LogP contribution in [0.5, 0.6) is 0 Å². The first-order chi connectivity index (χ1) is 31.1. The van der Waals surface area contributed by atoms with E-state index in [0.29, 0.717) is 65.3 Å². The van der Waals surface area contributed by atoms with E-state index in [1.165, 1.54) is 44.9 Å². The lowest BCUT2D eigenvalue weighted by Crippen LogP contribution is -2.47. The second-order valence-electron chi connectivity index (χ2n) is 16.9. The van der Waals surface area contributed by atoms with Gasteiger partial charge in [0, 0.05) is 49.4 Å². The molecule has 10 rings (SSSR count). The van der Waals surface area contributed by atoms with Crippen molar-refractivity contribution in [2.75, 3.05) is 36.0 Å². The average Bonchev–Trinajstić information content (AvgIpc) is 4.09. The van der Waals surface area contributed by atoms with E-state index in [1.54, 1.807) is 12.1 Å². The Morgan fingerprint density at radius 1 is 0.769 bits per heavy atom. The molecule has 23 heteroatoms. The van der Waals surface area contributed by atoms with Crippen LogP contribution in [0.4, 0.5) is 24.8 Å². The maximum Gasteiger partial charge on any atom is 0.490 e. The predicted octanol–water partition coefficient (Wildman–Crippen LogP) is 10.5. The predicted molar refractivity (Wildman–Crippen MR) is 256 cm³/mol. The molecule has 346 valence electrons. The van der Waals surface area contributed by atoms with E-state index >= 15 is 0 Å². The zero-order chi connectivity index (χ0) is 46.1. The van der Waals surface area contributed by atoms with Crippen LogP contribution in [0.2, 0.25) is 20.1 Å². The first kappa shape index (κ1) is 47.8. The van der Waals surface area contributed by atoms with Crippen molar-refractivity contribution in [3.8, 4) is 22.5 Å². The fraction of sp³-hybridized carbons (Fsp3) is 0.452. The van der Waals surface area contributed by atoms with Crippen molar-refractivity contribution in [1.82, 2.24) is 45.4 Å². The minimum absolute atomic E-state index is 0.330. The number of H-pyrrole nitrogens is 2. The zero-order valence-corrected chi connectivity index (χ0v) is 40.1. The summed E-state index contributed by atoms with van der Waals surface area (Å²) >= 11 is 25.1. The van der Waals surface area contributed by atoms with Gasteiger partial charge in [0.2, 0.25) is 11.3 Å². The summed E-state index contributed by atoms with van der Waals surface area (Å²) in [5.41, 5.74) is 12.8. The highest BCUT2D eigenvalue weighted by molar-refractivity contribution is 8.01. The van der Waals surface area contributed by atoms with Crippen LogP contribution in [0.25, 0.3) is 44.8 Å². The van der Waals surface area contributed by atoms with Crippen molar-refractivity contribution in [3.63, 3.8) is 0 Å². The first-order valence-corrected chi connectivity index (χ1v) is 25.5. The molecule has 0 bridgehead atoms. The van der Waals surface area contributed by atoms with Gasteiger partial charge in [-0.3, -0.25) is 15.3 Å². The number of anilines is 2. The third-order valence-corrected chi connectivity index (χ3v) is 16.1. The highest BCUT2D eigenvalue weighted by Gasteiger charge is 2.45. The standard InChI is InChI=1S/C20H24Cl2N6P2.C20H22Cl2N6.C2HF3O2/c21-13-4-1-3-12(16(13)22)17-18-19(26-25-17)24-15(11-23-18)28-9-7-20(8-10-28)6-2-5-14(20)27-30-29;21-13-4-1-3-12(16(13)22)17-18-19(27-26-17)25-15(11-24-18)28-9-7-20(8-10-28)6-2-5-14(20)23;3-2(4,5)1(6)7/h1,3-4,11,14,27,30H,2,5-10,29H2,(H,24,25,26);1,3-4,11,14H,2,5-10,23H2,(H,25,26,27);(H,6,7)/t2*14-;/m11./s1. The van der Waals surface area contributed by atoms with Crippen LogP contribution in [0, 0.1) is 10.8 Å². The lowest BCUT2D eigenvalue weighted by atomic mass is 9.74. The minimum atomic E-state index is -5.08. The van der Waals surface area contributed by atoms with Gasteiger partial charge in [0.05, 0.1) is 43.9 Å². The highest BCUT2D eigenvalue weighted by Crippen LogP contribution is 2.49. The van der Waals surface area contributed by atoms with Crippen molar-refractivity contribution in [3.05, 3.63) is 68.9 Å². The van der Waals surface area contributed by atoms with Gasteiger partial charge in [-0.05, 0) is 82.7 Å². The number of carboxylic acid groups (broad SMARTS) is 1. The van der Waals surface area contributed by atoms with Gasteiger partial charge in [0.25, 0.3) is 0 Å². The Morgan fingerprint density at radius 2 is 1.22 bits per heavy atom. The van der Waals surface area contributed by atoms with Gasteiger partial charge >= 0.3 is 12.1 Å². The largest absolute Gasteiger partial charge is 0.490 e. The molecule has 2 unspecified atom stereocenters. The van der Waals surface area contributed by atoms with Crippen molar-refractivity contribution < 1.29 is 23.1 Å². The number of halogens is 7. The molecule has 14 nitrogen and oxygen atoms in total. The normalized spacial score (nSPS) is 20.4. The van der Waals surface area contributed by atoms with Crippen molar-refractivity contribution >= 4 is 104 Å². The van der Waals surface area contributed by atoms with E-state index in [-0.39, 0.29) is 0 Å². The molecule has 4 atom stereocenters. The number of hydrogen-bond donors (Lipinski definition) is 5. The van der Waals surface area contributed by atoms with Crippen LogP contribution in [0.3, 0.4) is 0 Å². The Kier molecular flexibility index (Phi) is 14.6. The zero-order valence-electron chi connectivity index (χ0n) is 34.9. The van der Waals surface area contributed by atoms with E-state index in [0.717, 1.165) is 88.0 Å². The summed E-state index contributed by atoms with van der Waals surface area (Å²) in [6, 6.07) is 12.0. The maximum atomic E-state index is 10.6. The number of hydrogen-bond acceptors (Lipinski definition) is 11. The van der Waals surface area contributed by atoms with Gasteiger partial charge in [-0.2, -0.15) is 23.4 Å². The van der Waals surface area contributed by atoms with E-state index in [2.05, 4.69) is 54.2 Å². The molecule has 4 aliphatic rings. The van der Waals surface area contributed by atoms with Gasteiger partial charge in [-0.25, -0.2) is 24.7 Å². The summed E-state index contributed by atoms with van der Waals surface area (Å²) in [5, 5.41) is 27.6. The summed E-state index contributed by atoms with van der Waals surface area (Å²) in [5.74, 6) is -1.00. The molecule has 65 heavy (non-hydrogen) atoms. The summed E-state index contributed by atoms with van der Waals surface area (Å²) < 4.78 is 31.7. The number of nitrogens with one attached hydrogen (secondary N) is 3. The van der Waals surface area contributed by atoms with Crippen LogP contribution in [0.1, 0.15) is 64.2 Å². The molecule has 6 heterocycles. The lowest BCUT2D eigenvalue weighted by Gasteiger charge is -2.43. The smallest absolute Gasteiger partial charge is 0.475 e. The Bertz CT molecular complexity index is 2660. The second-order valence-corrected chi connectivity index (χ2v) is 19.9. The summed E-state index contributed by atoms with van der Waals surface area (Å²) in [6.07, 6.45) is 10.9. The maximum absolute atomic E-state index is 10.6. The number of nitrogens with two attached hydrogens (primary N) is 1.